The predicted molar refractivity (Wildman–Crippen MR) is 57.3 cm³/mol. The number of halogens is 3. The SMILES string of the molecule is Fc1cccc(OCC2(CBr)CC2)c1F. The van der Waals surface area contributed by atoms with Crippen molar-refractivity contribution in [1.29, 1.82) is 0 Å². The van der Waals surface area contributed by atoms with Crippen LogP contribution in [0.2, 0.25) is 0 Å². The minimum atomic E-state index is -0.900. The highest BCUT2D eigenvalue weighted by molar-refractivity contribution is 9.09. The summed E-state index contributed by atoms with van der Waals surface area (Å²) in [6, 6.07) is 3.98. The van der Waals surface area contributed by atoms with Gasteiger partial charge in [0, 0.05) is 10.7 Å². The maximum atomic E-state index is 13.2. The number of hydrogen-bond acceptors (Lipinski definition) is 1. The summed E-state index contributed by atoms with van der Waals surface area (Å²) < 4.78 is 31.3. The summed E-state index contributed by atoms with van der Waals surface area (Å²) in [5.41, 5.74) is 0.138. The Kier molecular flexibility index (Phi) is 2.96. The van der Waals surface area contributed by atoms with E-state index >= 15 is 0 Å². The van der Waals surface area contributed by atoms with Gasteiger partial charge in [0.25, 0.3) is 0 Å². The molecule has 1 aliphatic rings. The van der Waals surface area contributed by atoms with Gasteiger partial charge in [-0.1, -0.05) is 22.0 Å². The molecule has 0 spiro atoms. The molecule has 1 aromatic rings. The fourth-order valence-corrected chi connectivity index (χ4v) is 2.04. The molecule has 0 heterocycles. The van der Waals surface area contributed by atoms with Gasteiger partial charge in [0.2, 0.25) is 5.82 Å². The average Bonchev–Trinajstić information content (AvgIpc) is 3.01. The topological polar surface area (TPSA) is 9.23 Å². The standard InChI is InChI=1S/C11H11BrF2O/c12-6-11(4-5-11)7-15-9-3-1-2-8(13)10(9)14/h1-3H,4-7H2. The van der Waals surface area contributed by atoms with Gasteiger partial charge in [-0.15, -0.1) is 0 Å². The third-order valence-corrected chi connectivity index (χ3v) is 3.88. The molecule has 0 atom stereocenters. The van der Waals surface area contributed by atoms with Crippen molar-refractivity contribution in [3.05, 3.63) is 29.8 Å². The van der Waals surface area contributed by atoms with Crippen LogP contribution >= 0.6 is 15.9 Å². The van der Waals surface area contributed by atoms with E-state index in [2.05, 4.69) is 15.9 Å². The second-order valence-electron chi connectivity index (χ2n) is 3.97. The molecule has 1 aromatic carbocycles. The van der Waals surface area contributed by atoms with Crippen molar-refractivity contribution in [2.24, 2.45) is 5.41 Å². The number of ether oxygens (including phenoxy) is 1. The Hall–Kier alpha value is -0.640. The quantitative estimate of drug-likeness (QED) is 0.765. The minimum absolute atomic E-state index is 0.00206. The number of benzene rings is 1. The summed E-state index contributed by atoms with van der Waals surface area (Å²) in [5, 5.41) is 0.844. The molecule has 0 aromatic heterocycles. The number of hydrogen-bond donors (Lipinski definition) is 0. The molecular weight excluding hydrogens is 266 g/mol. The van der Waals surface area contributed by atoms with E-state index in [4.69, 9.17) is 4.74 Å². The molecule has 1 saturated carbocycles. The van der Waals surface area contributed by atoms with E-state index in [0.717, 1.165) is 24.2 Å². The molecule has 0 saturated heterocycles. The Morgan fingerprint density at radius 1 is 1.33 bits per heavy atom. The Balaban J connectivity index is 2.02. The van der Waals surface area contributed by atoms with Gasteiger partial charge in [-0.25, -0.2) is 4.39 Å². The van der Waals surface area contributed by atoms with Gasteiger partial charge < -0.3 is 4.74 Å². The molecule has 15 heavy (non-hydrogen) atoms. The highest BCUT2D eigenvalue weighted by Gasteiger charge is 2.42. The first-order valence-electron chi connectivity index (χ1n) is 4.80. The van der Waals surface area contributed by atoms with Crippen molar-refractivity contribution in [3.8, 4) is 5.75 Å². The van der Waals surface area contributed by atoms with Crippen molar-refractivity contribution in [1.82, 2.24) is 0 Å². The molecule has 0 radical (unpaired) electrons. The van der Waals surface area contributed by atoms with E-state index in [1.54, 1.807) is 0 Å². The zero-order valence-corrected chi connectivity index (χ0v) is 9.69. The summed E-state index contributed by atoms with van der Waals surface area (Å²) in [5.74, 6) is -1.76. The summed E-state index contributed by atoms with van der Waals surface area (Å²) in [4.78, 5) is 0. The zero-order valence-electron chi connectivity index (χ0n) is 8.10. The van der Waals surface area contributed by atoms with Crippen LogP contribution in [0.5, 0.6) is 5.75 Å². The maximum Gasteiger partial charge on any atom is 0.200 e. The van der Waals surface area contributed by atoms with Gasteiger partial charge >= 0.3 is 0 Å². The fourth-order valence-electron chi connectivity index (χ4n) is 1.32. The predicted octanol–water partition coefficient (Wildman–Crippen LogP) is 3.52. The lowest BCUT2D eigenvalue weighted by atomic mass is 10.2. The van der Waals surface area contributed by atoms with Crippen LogP contribution in [0.25, 0.3) is 0 Å². The molecule has 0 N–H and O–H groups in total. The first kappa shape index (κ1) is 10.9. The smallest absolute Gasteiger partial charge is 0.200 e. The van der Waals surface area contributed by atoms with Gasteiger partial charge in [0.1, 0.15) is 0 Å². The van der Waals surface area contributed by atoms with Crippen molar-refractivity contribution >= 4 is 15.9 Å². The van der Waals surface area contributed by atoms with Crippen molar-refractivity contribution < 1.29 is 13.5 Å². The van der Waals surface area contributed by atoms with Gasteiger partial charge in [-0.2, -0.15) is 4.39 Å². The van der Waals surface area contributed by atoms with E-state index in [1.807, 2.05) is 0 Å². The van der Waals surface area contributed by atoms with Crippen LogP contribution in [0, 0.1) is 17.0 Å². The highest BCUT2D eigenvalue weighted by Crippen LogP contribution is 2.47. The highest BCUT2D eigenvalue weighted by atomic mass is 79.9. The zero-order chi connectivity index (χ0) is 10.9. The first-order valence-corrected chi connectivity index (χ1v) is 5.92. The monoisotopic (exact) mass is 276 g/mol. The molecule has 1 nitrogen and oxygen atoms in total. The lowest BCUT2D eigenvalue weighted by molar-refractivity contribution is 0.238. The molecular formula is C11H11BrF2O. The molecule has 82 valence electrons. The van der Waals surface area contributed by atoms with E-state index in [-0.39, 0.29) is 11.2 Å². The number of alkyl halides is 1. The molecule has 4 heteroatoms. The summed E-state index contributed by atoms with van der Waals surface area (Å²) in [6.45, 7) is 0.443. The molecule has 1 fully saturated rings. The summed E-state index contributed by atoms with van der Waals surface area (Å²) in [6.07, 6.45) is 2.16. The van der Waals surface area contributed by atoms with E-state index < -0.39 is 11.6 Å². The molecule has 0 amide bonds. The van der Waals surface area contributed by atoms with Gasteiger partial charge in [-0.05, 0) is 25.0 Å². The Morgan fingerprint density at radius 3 is 2.67 bits per heavy atom. The van der Waals surface area contributed by atoms with Crippen molar-refractivity contribution in [2.75, 3.05) is 11.9 Å². The second-order valence-corrected chi connectivity index (χ2v) is 4.53. The molecule has 0 unspecified atom stereocenters. The third-order valence-electron chi connectivity index (χ3n) is 2.69. The lowest BCUT2D eigenvalue weighted by Gasteiger charge is -2.13. The molecule has 1 aliphatic carbocycles. The average molecular weight is 277 g/mol. The Labute approximate surface area is 95.6 Å². The van der Waals surface area contributed by atoms with E-state index in [0.29, 0.717) is 6.61 Å². The Bertz CT molecular complexity index is 364. The minimum Gasteiger partial charge on any atom is -0.490 e. The summed E-state index contributed by atoms with van der Waals surface area (Å²) in [7, 11) is 0. The fraction of sp³-hybridized carbons (Fsp3) is 0.455. The van der Waals surface area contributed by atoms with Crippen LogP contribution in [0.4, 0.5) is 8.78 Å². The summed E-state index contributed by atoms with van der Waals surface area (Å²) >= 11 is 3.39. The van der Waals surface area contributed by atoms with Crippen LogP contribution in [0.15, 0.2) is 18.2 Å². The van der Waals surface area contributed by atoms with E-state index in [9.17, 15) is 8.78 Å². The normalized spacial score (nSPS) is 17.5. The van der Waals surface area contributed by atoms with Crippen LogP contribution < -0.4 is 4.74 Å². The van der Waals surface area contributed by atoms with Crippen LogP contribution in [0.1, 0.15) is 12.8 Å². The van der Waals surface area contributed by atoms with E-state index in [1.165, 1.54) is 12.1 Å². The van der Waals surface area contributed by atoms with Gasteiger partial charge in [-0.3, -0.25) is 0 Å². The van der Waals surface area contributed by atoms with Gasteiger partial charge in [0.15, 0.2) is 11.6 Å². The van der Waals surface area contributed by atoms with Crippen LogP contribution in [-0.4, -0.2) is 11.9 Å². The van der Waals surface area contributed by atoms with Gasteiger partial charge in [0.05, 0.1) is 6.61 Å². The maximum absolute atomic E-state index is 13.2. The molecule has 0 aliphatic heterocycles. The lowest BCUT2D eigenvalue weighted by Crippen LogP contribution is -2.15. The van der Waals surface area contributed by atoms with Crippen LogP contribution in [-0.2, 0) is 0 Å². The third kappa shape index (κ3) is 2.30. The first-order chi connectivity index (χ1) is 7.17. The Morgan fingerprint density at radius 2 is 2.07 bits per heavy atom. The van der Waals surface area contributed by atoms with Crippen molar-refractivity contribution in [2.45, 2.75) is 12.8 Å². The van der Waals surface area contributed by atoms with Crippen molar-refractivity contribution in [3.63, 3.8) is 0 Å². The number of rotatable bonds is 4. The van der Waals surface area contributed by atoms with Crippen LogP contribution in [0.3, 0.4) is 0 Å². The largest absolute Gasteiger partial charge is 0.490 e. The second kappa shape index (κ2) is 4.08. The molecule has 2 rings (SSSR count). The molecule has 0 bridgehead atoms.